The highest BCUT2D eigenvalue weighted by atomic mass is 19.1. The van der Waals surface area contributed by atoms with Crippen molar-refractivity contribution in [2.45, 2.75) is 0 Å². The Kier molecular flexibility index (Phi) is 4.62. The molecule has 0 bridgehead atoms. The van der Waals surface area contributed by atoms with E-state index in [2.05, 4.69) is 25.6 Å². The minimum absolute atomic E-state index is 0.000315. The highest BCUT2D eigenvalue weighted by Crippen LogP contribution is 2.20. The van der Waals surface area contributed by atoms with Crippen molar-refractivity contribution in [2.24, 2.45) is 0 Å². The second-order valence-electron chi connectivity index (χ2n) is 4.98. The lowest BCUT2D eigenvalue weighted by Crippen LogP contribution is -2.06. The smallest absolute Gasteiger partial charge is 0.238 e. The first-order chi connectivity index (χ1) is 12.4. The molecule has 10 heteroatoms. The van der Waals surface area contributed by atoms with Crippen LogP contribution in [0, 0.1) is 34.6 Å². The van der Waals surface area contributed by atoms with Gasteiger partial charge in [-0.15, -0.1) is 0 Å². The first-order valence-corrected chi connectivity index (χ1v) is 7.04. The largest absolute Gasteiger partial charge is 0.324 e. The van der Waals surface area contributed by atoms with Gasteiger partial charge < -0.3 is 10.6 Å². The molecule has 3 rings (SSSR count). The minimum atomic E-state index is -0.823. The molecule has 1 aromatic heterocycles. The Hall–Kier alpha value is -3.74. The van der Waals surface area contributed by atoms with Gasteiger partial charge >= 0.3 is 0 Å². The first kappa shape index (κ1) is 17.1. The van der Waals surface area contributed by atoms with Gasteiger partial charge in [-0.3, -0.25) is 0 Å². The van der Waals surface area contributed by atoms with Gasteiger partial charge in [0.25, 0.3) is 0 Å². The summed E-state index contributed by atoms with van der Waals surface area (Å²) < 4.78 is 53.0. The molecule has 0 aliphatic heterocycles. The maximum atomic E-state index is 13.2. The Labute approximate surface area is 144 Å². The van der Waals surface area contributed by atoms with Crippen LogP contribution in [0.15, 0.2) is 36.4 Å². The lowest BCUT2D eigenvalue weighted by Gasteiger charge is -2.09. The predicted octanol–water partition coefficient (Wildman–Crippen LogP) is 3.79. The van der Waals surface area contributed by atoms with Gasteiger partial charge in [-0.2, -0.15) is 20.2 Å². The van der Waals surface area contributed by atoms with Crippen LogP contribution in [-0.2, 0) is 0 Å². The summed E-state index contributed by atoms with van der Waals surface area (Å²) in [6.07, 6.45) is 0. The van der Waals surface area contributed by atoms with Crippen LogP contribution in [0.2, 0.25) is 0 Å². The molecule has 0 saturated carbocycles. The Balaban J connectivity index is 1.92. The molecule has 0 radical (unpaired) electrons. The molecule has 130 valence electrons. The maximum absolute atomic E-state index is 13.2. The molecule has 0 unspecified atom stereocenters. The van der Waals surface area contributed by atoms with Gasteiger partial charge in [-0.05, 0) is 24.3 Å². The van der Waals surface area contributed by atoms with E-state index in [1.165, 1.54) is 0 Å². The summed E-state index contributed by atoms with van der Waals surface area (Å²) in [5, 5.41) is 14.1. The molecule has 0 saturated heterocycles. The SMILES string of the molecule is N#Cc1nc(Nc2cc(F)cc(F)c2)nc(Nc2cc(F)cc(F)c2)n1. The van der Waals surface area contributed by atoms with Crippen LogP contribution in [0.3, 0.4) is 0 Å². The van der Waals surface area contributed by atoms with Crippen molar-refractivity contribution in [2.75, 3.05) is 10.6 Å². The summed E-state index contributed by atoms with van der Waals surface area (Å²) in [6.45, 7) is 0. The van der Waals surface area contributed by atoms with Crippen LogP contribution >= 0.6 is 0 Å². The normalized spacial score (nSPS) is 10.3. The number of anilines is 4. The highest BCUT2D eigenvalue weighted by Gasteiger charge is 2.10. The van der Waals surface area contributed by atoms with Crippen LogP contribution < -0.4 is 10.6 Å². The Morgan fingerprint density at radius 1 is 0.654 bits per heavy atom. The van der Waals surface area contributed by atoms with E-state index in [1.54, 1.807) is 6.07 Å². The number of hydrogen-bond acceptors (Lipinski definition) is 6. The summed E-state index contributed by atoms with van der Waals surface area (Å²) in [7, 11) is 0. The van der Waals surface area contributed by atoms with Gasteiger partial charge in [0.05, 0.1) is 0 Å². The van der Waals surface area contributed by atoms with Crippen molar-refractivity contribution in [1.82, 2.24) is 15.0 Å². The zero-order chi connectivity index (χ0) is 18.7. The lowest BCUT2D eigenvalue weighted by molar-refractivity contribution is 0.583. The van der Waals surface area contributed by atoms with Gasteiger partial charge in [0.1, 0.15) is 29.3 Å². The summed E-state index contributed by atoms with van der Waals surface area (Å²) >= 11 is 0. The number of nitriles is 1. The average Bonchev–Trinajstić information content (AvgIpc) is 2.52. The van der Waals surface area contributed by atoms with Crippen LogP contribution in [0.5, 0.6) is 0 Å². The first-order valence-electron chi connectivity index (χ1n) is 7.04. The maximum Gasteiger partial charge on any atom is 0.238 e. The number of aromatic nitrogens is 3. The van der Waals surface area contributed by atoms with E-state index in [4.69, 9.17) is 5.26 Å². The van der Waals surface area contributed by atoms with E-state index < -0.39 is 23.3 Å². The molecule has 26 heavy (non-hydrogen) atoms. The minimum Gasteiger partial charge on any atom is -0.324 e. The second kappa shape index (κ2) is 7.02. The van der Waals surface area contributed by atoms with Gasteiger partial charge in [0.15, 0.2) is 0 Å². The number of hydrogen-bond donors (Lipinski definition) is 2. The Morgan fingerprint density at radius 3 is 1.38 bits per heavy atom. The highest BCUT2D eigenvalue weighted by molar-refractivity contribution is 5.58. The van der Waals surface area contributed by atoms with E-state index in [1.807, 2.05) is 0 Å². The monoisotopic (exact) mass is 360 g/mol. The van der Waals surface area contributed by atoms with Crippen molar-refractivity contribution >= 4 is 23.3 Å². The van der Waals surface area contributed by atoms with E-state index in [0.717, 1.165) is 24.3 Å². The molecule has 1 heterocycles. The molecule has 2 aromatic carbocycles. The summed E-state index contributed by atoms with van der Waals surface area (Å²) in [4.78, 5) is 11.4. The van der Waals surface area contributed by atoms with E-state index in [0.29, 0.717) is 12.1 Å². The molecule has 0 amide bonds. The molecule has 2 N–H and O–H groups in total. The summed E-state index contributed by atoms with van der Waals surface area (Å²) in [6, 6.07) is 7.03. The number of halogens is 4. The third-order valence-electron chi connectivity index (χ3n) is 2.97. The van der Waals surface area contributed by atoms with E-state index in [-0.39, 0.29) is 29.1 Å². The van der Waals surface area contributed by atoms with Gasteiger partial charge in [-0.1, -0.05) is 0 Å². The quantitative estimate of drug-likeness (QED) is 0.689. The van der Waals surface area contributed by atoms with Crippen molar-refractivity contribution < 1.29 is 17.6 Å². The molecular weight excluding hydrogens is 352 g/mol. The molecule has 3 aromatic rings. The topological polar surface area (TPSA) is 86.5 Å². The van der Waals surface area contributed by atoms with Crippen LogP contribution in [0.25, 0.3) is 0 Å². The van der Waals surface area contributed by atoms with Crippen LogP contribution in [0.4, 0.5) is 40.8 Å². The lowest BCUT2D eigenvalue weighted by atomic mass is 10.3. The molecule has 0 aliphatic carbocycles. The van der Waals surface area contributed by atoms with Crippen molar-refractivity contribution in [3.05, 3.63) is 65.5 Å². The Bertz CT molecular complexity index is 906. The van der Waals surface area contributed by atoms with Gasteiger partial charge in [0, 0.05) is 23.5 Å². The third kappa shape index (κ3) is 4.21. The van der Waals surface area contributed by atoms with Crippen molar-refractivity contribution in [3.63, 3.8) is 0 Å². The second-order valence-corrected chi connectivity index (χ2v) is 4.98. The fraction of sp³-hybridized carbons (Fsp3) is 0. The predicted molar refractivity (Wildman–Crippen MR) is 83.8 cm³/mol. The molecule has 6 nitrogen and oxygen atoms in total. The van der Waals surface area contributed by atoms with E-state index >= 15 is 0 Å². The van der Waals surface area contributed by atoms with Gasteiger partial charge in [-0.25, -0.2) is 17.6 Å². The molecule has 0 fully saturated rings. The average molecular weight is 360 g/mol. The number of rotatable bonds is 4. The molecule has 0 atom stereocenters. The zero-order valence-electron chi connectivity index (χ0n) is 12.8. The Morgan fingerprint density at radius 2 is 1.04 bits per heavy atom. The summed E-state index contributed by atoms with van der Waals surface area (Å²) in [5.41, 5.74) is 0.000629. The fourth-order valence-electron chi connectivity index (χ4n) is 2.05. The fourth-order valence-corrected chi connectivity index (χ4v) is 2.05. The molecule has 0 spiro atoms. The third-order valence-corrected chi connectivity index (χ3v) is 2.97. The number of nitrogens with zero attached hydrogens (tertiary/aromatic N) is 4. The molecule has 0 aliphatic rings. The van der Waals surface area contributed by atoms with Crippen LogP contribution in [0.1, 0.15) is 5.82 Å². The van der Waals surface area contributed by atoms with Crippen LogP contribution in [-0.4, -0.2) is 15.0 Å². The van der Waals surface area contributed by atoms with E-state index in [9.17, 15) is 17.6 Å². The van der Waals surface area contributed by atoms with Crippen molar-refractivity contribution in [1.29, 1.82) is 5.26 Å². The van der Waals surface area contributed by atoms with Gasteiger partial charge in [0.2, 0.25) is 17.7 Å². The number of benzene rings is 2. The number of nitrogens with one attached hydrogen (secondary N) is 2. The van der Waals surface area contributed by atoms with Crippen molar-refractivity contribution in [3.8, 4) is 6.07 Å². The molecular formula is C16H8F4N6. The standard InChI is InChI=1S/C16H8F4N6/c17-8-1-9(18)4-12(3-8)22-15-24-14(7-21)25-16(26-15)23-13-5-10(19)2-11(20)6-13/h1-6H,(H2,22,23,24,25,26). The summed E-state index contributed by atoms with van der Waals surface area (Å²) in [5.74, 6) is -4.00. The zero-order valence-corrected chi connectivity index (χ0v) is 12.8.